The highest BCUT2D eigenvalue weighted by atomic mass is 19.4. The Hall–Kier alpha value is -1.29. The molecule has 0 radical (unpaired) electrons. The minimum absolute atomic E-state index is 0.0655. The molecule has 0 saturated carbocycles. The number of nitrogens with two attached hydrogens (primary N) is 1. The Labute approximate surface area is 104 Å². The highest BCUT2D eigenvalue weighted by Gasteiger charge is 2.30. The van der Waals surface area contributed by atoms with E-state index in [1.54, 1.807) is 0 Å². The molecule has 2 N–H and O–H groups in total. The molecule has 0 fully saturated rings. The lowest BCUT2D eigenvalue weighted by Crippen LogP contribution is -2.24. The zero-order chi connectivity index (χ0) is 13.2. The van der Waals surface area contributed by atoms with Crippen LogP contribution in [0.4, 0.5) is 13.2 Å². The Balaban J connectivity index is 2.02. The van der Waals surface area contributed by atoms with E-state index in [-0.39, 0.29) is 6.04 Å². The SMILES string of the molecule is NC(Cc1ccc(C(F)(F)F)cc1)C1=CCCC1. The van der Waals surface area contributed by atoms with Crippen molar-refractivity contribution in [3.8, 4) is 0 Å². The van der Waals surface area contributed by atoms with E-state index >= 15 is 0 Å². The molecule has 0 aromatic heterocycles. The molecule has 1 atom stereocenters. The van der Waals surface area contributed by atoms with Gasteiger partial charge in [0, 0.05) is 6.04 Å². The maximum atomic E-state index is 12.4. The standard InChI is InChI=1S/C14H16F3N/c15-14(16,17)12-7-5-10(6-8-12)9-13(18)11-3-1-2-4-11/h3,5-8,13H,1-2,4,9,18H2. The van der Waals surface area contributed by atoms with Crippen molar-refractivity contribution >= 4 is 0 Å². The van der Waals surface area contributed by atoms with Crippen LogP contribution in [0.5, 0.6) is 0 Å². The van der Waals surface area contributed by atoms with E-state index in [4.69, 9.17) is 5.73 Å². The Kier molecular flexibility index (Phi) is 3.76. The normalized spacial score (nSPS) is 17.7. The molecule has 18 heavy (non-hydrogen) atoms. The third-order valence-electron chi connectivity index (χ3n) is 3.29. The summed E-state index contributed by atoms with van der Waals surface area (Å²) < 4.78 is 37.2. The van der Waals surface area contributed by atoms with Gasteiger partial charge in [-0.3, -0.25) is 0 Å². The Morgan fingerprint density at radius 3 is 2.33 bits per heavy atom. The van der Waals surface area contributed by atoms with Gasteiger partial charge in [-0.2, -0.15) is 13.2 Å². The van der Waals surface area contributed by atoms with Crippen molar-refractivity contribution in [2.45, 2.75) is 37.9 Å². The molecule has 2 rings (SSSR count). The van der Waals surface area contributed by atoms with Crippen molar-refractivity contribution in [2.75, 3.05) is 0 Å². The van der Waals surface area contributed by atoms with Crippen LogP contribution >= 0.6 is 0 Å². The zero-order valence-electron chi connectivity index (χ0n) is 10.0. The summed E-state index contributed by atoms with van der Waals surface area (Å²) in [6, 6.07) is 5.19. The molecule has 0 amide bonds. The van der Waals surface area contributed by atoms with Gasteiger partial charge in [0.25, 0.3) is 0 Å². The molecular formula is C14H16F3N. The average Bonchev–Trinajstić information content (AvgIpc) is 2.82. The van der Waals surface area contributed by atoms with Gasteiger partial charge in [0.15, 0.2) is 0 Å². The van der Waals surface area contributed by atoms with Crippen LogP contribution in [-0.4, -0.2) is 6.04 Å². The second kappa shape index (κ2) is 5.14. The smallest absolute Gasteiger partial charge is 0.324 e. The third kappa shape index (κ3) is 3.13. The summed E-state index contributed by atoms with van der Waals surface area (Å²) >= 11 is 0. The highest BCUT2D eigenvalue weighted by Crippen LogP contribution is 2.29. The van der Waals surface area contributed by atoms with Gasteiger partial charge in [-0.1, -0.05) is 23.8 Å². The fourth-order valence-corrected chi connectivity index (χ4v) is 2.25. The largest absolute Gasteiger partial charge is 0.416 e. The Morgan fingerprint density at radius 2 is 1.83 bits per heavy atom. The second-order valence-electron chi connectivity index (χ2n) is 4.68. The van der Waals surface area contributed by atoms with Crippen LogP contribution in [0.1, 0.15) is 30.4 Å². The van der Waals surface area contributed by atoms with Crippen molar-refractivity contribution in [1.82, 2.24) is 0 Å². The predicted octanol–water partition coefficient (Wildman–Crippen LogP) is 3.69. The molecule has 0 saturated heterocycles. The van der Waals surface area contributed by atoms with Crippen molar-refractivity contribution in [2.24, 2.45) is 5.73 Å². The van der Waals surface area contributed by atoms with Crippen molar-refractivity contribution in [1.29, 1.82) is 0 Å². The second-order valence-corrected chi connectivity index (χ2v) is 4.68. The molecule has 1 aliphatic carbocycles. The van der Waals surface area contributed by atoms with Gasteiger partial charge in [-0.05, 0) is 43.4 Å². The summed E-state index contributed by atoms with van der Waals surface area (Å²) in [4.78, 5) is 0. The first-order valence-electron chi connectivity index (χ1n) is 6.07. The molecule has 0 aliphatic heterocycles. The first-order valence-corrected chi connectivity index (χ1v) is 6.07. The number of halogens is 3. The number of hydrogen-bond donors (Lipinski definition) is 1. The summed E-state index contributed by atoms with van der Waals surface area (Å²) in [5, 5.41) is 0. The molecule has 0 spiro atoms. The van der Waals surface area contributed by atoms with Crippen LogP contribution in [-0.2, 0) is 12.6 Å². The molecule has 4 heteroatoms. The van der Waals surface area contributed by atoms with Gasteiger partial charge < -0.3 is 5.73 Å². The molecule has 1 nitrogen and oxygen atoms in total. The first kappa shape index (κ1) is 13.1. The summed E-state index contributed by atoms with van der Waals surface area (Å²) in [7, 11) is 0. The van der Waals surface area contributed by atoms with Gasteiger partial charge in [0.2, 0.25) is 0 Å². The third-order valence-corrected chi connectivity index (χ3v) is 3.29. The lowest BCUT2D eigenvalue weighted by atomic mass is 9.98. The Morgan fingerprint density at radius 1 is 1.17 bits per heavy atom. The van der Waals surface area contributed by atoms with Gasteiger partial charge in [0.05, 0.1) is 5.56 Å². The fraction of sp³-hybridized carbons (Fsp3) is 0.429. The van der Waals surface area contributed by atoms with E-state index in [1.807, 2.05) is 0 Å². The molecule has 1 aromatic carbocycles. The number of allylic oxidation sites excluding steroid dienone is 1. The van der Waals surface area contributed by atoms with Crippen molar-refractivity contribution in [3.63, 3.8) is 0 Å². The van der Waals surface area contributed by atoms with Gasteiger partial charge in [0.1, 0.15) is 0 Å². The van der Waals surface area contributed by atoms with E-state index in [1.165, 1.54) is 17.7 Å². The van der Waals surface area contributed by atoms with E-state index in [2.05, 4.69) is 6.08 Å². The van der Waals surface area contributed by atoms with Crippen LogP contribution < -0.4 is 5.73 Å². The highest BCUT2D eigenvalue weighted by molar-refractivity contribution is 5.27. The van der Waals surface area contributed by atoms with Gasteiger partial charge in [-0.25, -0.2) is 0 Å². The summed E-state index contributed by atoms with van der Waals surface area (Å²) in [5.74, 6) is 0. The molecule has 1 aromatic rings. The first-order chi connectivity index (χ1) is 8.47. The van der Waals surface area contributed by atoms with Crippen molar-refractivity contribution in [3.05, 3.63) is 47.0 Å². The van der Waals surface area contributed by atoms with Crippen LogP contribution in [0.3, 0.4) is 0 Å². The zero-order valence-corrected chi connectivity index (χ0v) is 10.0. The topological polar surface area (TPSA) is 26.0 Å². The molecule has 1 unspecified atom stereocenters. The predicted molar refractivity (Wildman–Crippen MR) is 65.1 cm³/mol. The van der Waals surface area contributed by atoms with Crippen LogP contribution in [0.15, 0.2) is 35.9 Å². The van der Waals surface area contributed by atoms with Gasteiger partial charge in [-0.15, -0.1) is 0 Å². The number of alkyl halides is 3. The summed E-state index contributed by atoms with van der Waals surface area (Å²) in [5.41, 5.74) is 7.51. The average molecular weight is 255 g/mol. The number of rotatable bonds is 3. The summed E-state index contributed by atoms with van der Waals surface area (Å²) in [6.45, 7) is 0. The minimum atomic E-state index is -4.27. The van der Waals surface area contributed by atoms with E-state index in [0.717, 1.165) is 37.0 Å². The fourth-order valence-electron chi connectivity index (χ4n) is 2.25. The van der Waals surface area contributed by atoms with E-state index in [9.17, 15) is 13.2 Å². The van der Waals surface area contributed by atoms with Crippen molar-refractivity contribution < 1.29 is 13.2 Å². The molecular weight excluding hydrogens is 239 g/mol. The number of hydrogen-bond acceptors (Lipinski definition) is 1. The van der Waals surface area contributed by atoms with Crippen LogP contribution in [0.2, 0.25) is 0 Å². The quantitative estimate of drug-likeness (QED) is 0.819. The van der Waals surface area contributed by atoms with Crippen LogP contribution in [0.25, 0.3) is 0 Å². The molecule has 0 bridgehead atoms. The van der Waals surface area contributed by atoms with Gasteiger partial charge >= 0.3 is 6.18 Å². The molecule has 1 aliphatic rings. The lowest BCUT2D eigenvalue weighted by molar-refractivity contribution is -0.137. The molecule has 0 heterocycles. The monoisotopic (exact) mass is 255 g/mol. The number of benzene rings is 1. The maximum Gasteiger partial charge on any atom is 0.416 e. The summed E-state index contributed by atoms with van der Waals surface area (Å²) in [6.07, 6.45) is 1.70. The van der Waals surface area contributed by atoms with E-state index in [0.29, 0.717) is 6.42 Å². The molecule has 98 valence electrons. The van der Waals surface area contributed by atoms with E-state index < -0.39 is 11.7 Å². The minimum Gasteiger partial charge on any atom is -0.324 e. The lowest BCUT2D eigenvalue weighted by Gasteiger charge is -2.14. The Bertz CT molecular complexity index is 431. The maximum absolute atomic E-state index is 12.4. The van der Waals surface area contributed by atoms with Crippen LogP contribution in [0, 0.1) is 0 Å².